The van der Waals surface area contributed by atoms with Crippen LogP contribution in [0.1, 0.15) is 24.8 Å². The summed E-state index contributed by atoms with van der Waals surface area (Å²) in [6, 6.07) is 2.29. The molecule has 0 aliphatic heterocycles. The average molecular weight is 234 g/mol. The molecule has 2 rings (SSSR count). The van der Waals surface area contributed by atoms with Crippen LogP contribution >= 0.6 is 0 Å². The van der Waals surface area contributed by atoms with Crippen LogP contribution in [0.3, 0.4) is 0 Å². The van der Waals surface area contributed by atoms with Gasteiger partial charge in [-0.1, -0.05) is 0 Å². The van der Waals surface area contributed by atoms with Crippen LogP contribution in [0.2, 0.25) is 0 Å². The third-order valence-electron chi connectivity index (χ3n) is 2.69. The molecule has 17 heavy (non-hydrogen) atoms. The van der Waals surface area contributed by atoms with E-state index in [0.717, 1.165) is 24.2 Å². The maximum Gasteiger partial charge on any atom is 0.221 e. The molecule has 0 unspecified atom stereocenters. The van der Waals surface area contributed by atoms with Gasteiger partial charge in [0.2, 0.25) is 5.91 Å². The fourth-order valence-electron chi connectivity index (χ4n) is 1.60. The van der Waals surface area contributed by atoms with Crippen LogP contribution in [0.5, 0.6) is 0 Å². The van der Waals surface area contributed by atoms with Crippen molar-refractivity contribution >= 4 is 17.4 Å². The summed E-state index contributed by atoms with van der Waals surface area (Å²) in [4.78, 5) is 15.6. The Kier molecular flexibility index (Phi) is 3.46. The summed E-state index contributed by atoms with van der Waals surface area (Å²) >= 11 is 0. The Bertz CT molecular complexity index is 415. The number of anilines is 2. The number of aromatic nitrogens is 1. The van der Waals surface area contributed by atoms with Crippen molar-refractivity contribution in [2.24, 2.45) is 0 Å². The van der Waals surface area contributed by atoms with Gasteiger partial charge in [0, 0.05) is 19.0 Å². The summed E-state index contributed by atoms with van der Waals surface area (Å²) in [7, 11) is 0. The normalized spacial score (nSPS) is 14.4. The molecule has 5 heteroatoms. The van der Waals surface area contributed by atoms with Crippen molar-refractivity contribution in [3.63, 3.8) is 0 Å². The first kappa shape index (κ1) is 11.7. The average Bonchev–Trinajstić information content (AvgIpc) is 3.05. The lowest BCUT2D eigenvalue weighted by Gasteiger charge is -2.08. The van der Waals surface area contributed by atoms with Gasteiger partial charge in [-0.05, 0) is 31.4 Å². The van der Waals surface area contributed by atoms with Gasteiger partial charge in [-0.3, -0.25) is 4.79 Å². The SMILES string of the molecule is Cc1cc(N)cnc1NCCC(=O)NC1CC1. The lowest BCUT2D eigenvalue weighted by Crippen LogP contribution is -2.27. The van der Waals surface area contributed by atoms with E-state index in [4.69, 9.17) is 5.73 Å². The van der Waals surface area contributed by atoms with Crippen LogP contribution in [0.4, 0.5) is 11.5 Å². The number of carbonyl (C=O) groups excluding carboxylic acids is 1. The number of carbonyl (C=O) groups is 1. The maximum absolute atomic E-state index is 11.4. The van der Waals surface area contributed by atoms with E-state index >= 15 is 0 Å². The van der Waals surface area contributed by atoms with E-state index in [1.54, 1.807) is 6.20 Å². The van der Waals surface area contributed by atoms with Crippen molar-refractivity contribution in [2.45, 2.75) is 32.2 Å². The molecule has 1 amide bonds. The Morgan fingerprint density at radius 2 is 2.35 bits per heavy atom. The van der Waals surface area contributed by atoms with Gasteiger partial charge in [0.05, 0.1) is 11.9 Å². The van der Waals surface area contributed by atoms with E-state index in [1.807, 2.05) is 13.0 Å². The summed E-state index contributed by atoms with van der Waals surface area (Å²) < 4.78 is 0. The Labute approximate surface area is 101 Å². The number of aryl methyl sites for hydroxylation is 1. The van der Waals surface area contributed by atoms with Crippen molar-refractivity contribution < 1.29 is 4.79 Å². The zero-order chi connectivity index (χ0) is 12.3. The molecule has 0 radical (unpaired) electrons. The third-order valence-corrected chi connectivity index (χ3v) is 2.69. The van der Waals surface area contributed by atoms with Gasteiger partial charge in [-0.2, -0.15) is 0 Å². The van der Waals surface area contributed by atoms with Gasteiger partial charge in [-0.15, -0.1) is 0 Å². The molecule has 5 nitrogen and oxygen atoms in total. The number of nitrogens with two attached hydrogens (primary N) is 1. The summed E-state index contributed by atoms with van der Waals surface area (Å²) in [5.41, 5.74) is 7.26. The second-order valence-electron chi connectivity index (χ2n) is 4.45. The van der Waals surface area contributed by atoms with Crippen molar-refractivity contribution in [1.29, 1.82) is 0 Å². The fraction of sp³-hybridized carbons (Fsp3) is 0.500. The predicted octanol–water partition coefficient (Wildman–Crippen LogP) is 1.05. The zero-order valence-electron chi connectivity index (χ0n) is 9.99. The topological polar surface area (TPSA) is 80.0 Å². The van der Waals surface area contributed by atoms with E-state index in [1.165, 1.54) is 0 Å². The molecule has 1 aliphatic rings. The van der Waals surface area contributed by atoms with Crippen LogP contribution in [0.25, 0.3) is 0 Å². The van der Waals surface area contributed by atoms with Crippen LogP contribution in [-0.2, 0) is 4.79 Å². The number of nitrogen functional groups attached to an aromatic ring is 1. The molecule has 1 aliphatic carbocycles. The number of pyridine rings is 1. The molecule has 1 aromatic rings. The molecule has 0 aromatic carbocycles. The largest absolute Gasteiger partial charge is 0.397 e. The summed E-state index contributed by atoms with van der Waals surface area (Å²) in [6.45, 7) is 2.53. The monoisotopic (exact) mass is 234 g/mol. The predicted molar refractivity (Wildman–Crippen MR) is 67.7 cm³/mol. The van der Waals surface area contributed by atoms with Crippen LogP contribution < -0.4 is 16.4 Å². The minimum Gasteiger partial charge on any atom is -0.397 e. The Balaban J connectivity index is 1.75. The van der Waals surface area contributed by atoms with Gasteiger partial charge in [0.1, 0.15) is 5.82 Å². The van der Waals surface area contributed by atoms with Gasteiger partial charge in [-0.25, -0.2) is 4.98 Å². The molecular formula is C12H18N4O. The Hall–Kier alpha value is -1.78. The number of nitrogens with one attached hydrogen (secondary N) is 2. The summed E-state index contributed by atoms with van der Waals surface area (Å²) in [6.07, 6.45) is 4.33. The fourth-order valence-corrected chi connectivity index (χ4v) is 1.60. The first-order chi connectivity index (χ1) is 8.15. The van der Waals surface area contributed by atoms with E-state index < -0.39 is 0 Å². The number of hydrogen-bond acceptors (Lipinski definition) is 4. The third kappa shape index (κ3) is 3.62. The van der Waals surface area contributed by atoms with Gasteiger partial charge in [0.25, 0.3) is 0 Å². The molecule has 0 bridgehead atoms. The molecule has 92 valence electrons. The molecule has 1 fully saturated rings. The van der Waals surface area contributed by atoms with Crippen molar-refractivity contribution in [2.75, 3.05) is 17.6 Å². The molecule has 0 spiro atoms. The lowest BCUT2D eigenvalue weighted by molar-refractivity contribution is -0.120. The zero-order valence-corrected chi connectivity index (χ0v) is 9.99. The van der Waals surface area contributed by atoms with Crippen LogP contribution in [-0.4, -0.2) is 23.5 Å². The van der Waals surface area contributed by atoms with E-state index in [9.17, 15) is 4.79 Å². The highest BCUT2D eigenvalue weighted by molar-refractivity contribution is 5.77. The van der Waals surface area contributed by atoms with Crippen molar-refractivity contribution in [1.82, 2.24) is 10.3 Å². The second kappa shape index (κ2) is 5.03. The van der Waals surface area contributed by atoms with Crippen LogP contribution in [0, 0.1) is 6.92 Å². The number of amides is 1. The summed E-state index contributed by atoms with van der Waals surface area (Å²) in [5.74, 6) is 0.895. The second-order valence-corrected chi connectivity index (χ2v) is 4.45. The highest BCUT2D eigenvalue weighted by Crippen LogP contribution is 2.18. The number of nitrogens with zero attached hydrogens (tertiary/aromatic N) is 1. The first-order valence-electron chi connectivity index (χ1n) is 5.90. The molecular weight excluding hydrogens is 216 g/mol. The summed E-state index contributed by atoms with van der Waals surface area (Å²) in [5, 5.41) is 6.08. The minimum absolute atomic E-state index is 0.105. The van der Waals surface area contributed by atoms with Gasteiger partial charge < -0.3 is 16.4 Å². The number of hydrogen-bond donors (Lipinski definition) is 3. The van der Waals surface area contributed by atoms with Crippen LogP contribution in [0.15, 0.2) is 12.3 Å². The molecule has 1 saturated carbocycles. The molecule has 0 atom stereocenters. The molecule has 1 aromatic heterocycles. The van der Waals surface area contributed by atoms with E-state index in [0.29, 0.717) is 24.7 Å². The Morgan fingerprint density at radius 1 is 1.59 bits per heavy atom. The van der Waals surface area contributed by atoms with E-state index in [2.05, 4.69) is 15.6 Å². The number of rotatable bonds is 5. The molecule has 0 saturated heterocycles. The van der Waals surface area contributed by atoms with Gasteiger partial charge >= 0.3 is 0 Å². The van der Waals surface area contributed by atoms with Crippen molar-refractivity contribution in [3.8, 4) is 0 Å². The minimum atomic E-state index is 0.105. The maximum atomic E-state index is 11.4. The molecule has 1 heterocycles. The van der Waals surface area contributed by atoms with Gasteiger partial charge in [0.15, 0.2) is 0 Å². The van der Waals surface area contributed by atoms with E-state index in [-0.39, 0.29) is 5.91 Å². The highest BCUT2D eigenvalue weighted by Gasteiger charge is 2.22. The van der Waals surface area contributed by atoms with Crippen molar-refractivity contribution in [3.05, 3.63) is 17.8 Å². The quantitative estimate of drug-likeness (QED) is 0.711. The Morgan fingerprint density at radius 3 is 3.00 bits per heavy atom. The standard InChI is InChI=1S/C12H18N4O/c1-8-6-9(13)7-15-12(8)14-5-4-11(17)16-10-2-3-10/h6-7,10H,2-5,13H2,1H3,(H,14,15)(H,16,17). The molecule has 4 N–H and O–H groups in total. The first-order valence-corrected chi connectivity index (χ1v) is 5.90. The smallest absolute Gasteiger partial charge is 0.221 e. The lowest BCUT2D eigenvalue weighted by atomic mass is 10.2. The highest BCUT2D eigenvalue weighted by atomic mass is 16.1.